The first-order chi connectivity index (χ1) is 7.10. The van der Waals surface area contributed by atoms with Gasteiger partial charge in [0.05, 0.1) is 6.61 Å². The van der Waals surface area contributed by atoms with Gasteiger partial charge < -0.3 is 15.8 Å². The molecule has 0 bridgehead atoms. The van der Waals surface area contributed by atoms with Crippen LogP contribution in [0.15, 0.2) is 0 Å². The van der Waals surface area contributed by atoms with E-state index in [0.29, 0.717) is 19.6 Å². The SMILES string of the molecule is CCC1(NC(=O)C2(N)CCOC2)CCC1. The maximum Gasteiger partial charge on any atom is 0.242 e. The lowest BCUT2D eigenvalue weighted by molar-refractivity contribution is -0.129. The average Bonchev–Trinajstić information content (AvgIpc) is 2.60. The van der Waals surface area contributed by atoms with E-state index in [1.165, 1.54) is 6.42 Å². The number of nitrogens with two attached hydrogens (primary N) is 1. The van der Waals surface area contributed by atoms with Crippen molar-refractivity contribution >= 4 is 5.91 Å². The highest BCUT2D eigenvalue weighted by Crippen LogP contribution is 2.35. The van der Waals surface area contributed by atoms with E-state index in [0.717, 1.165) is 19.3 Å². The van der Waals surface area contributed by atoms with E-state index in [1.54, 1.807) is 0 Å². The second-order valence-corrected chi connectivity index (χ2v) is 4.90. The lowest BCUT2D eigenvalue weighted by Gasteiger charge is -2.43. The standard InChI is InChI=1S/C11H20N2O2/c1-2-10(4-3-5-10)13-9(14)11(12)6-7-15-8-11/h2-8,12H2,1H3,(H,13,14). The summed E-state index contributed by atoms with van der Waals surface area (Å²) in [7, 11) is 0. The quantitative estimate of drug-likeness (QED) is 0.718. The number of hydrogen-bond acceptors (Lipinski definition) is 3. The van der Waals surface area contributed by atoms with E-state index in [9.17, 15) is 4.79 Å². The van der Waals surface area contributed by atoms with Crippen molar-refractivity contribution < 1.29 is 9.53 Å². The van der Waals surface area contributed by atoms with E-state index in [2.05, 4.69) is 12.2 Å². The minimum atomic E-state index is -0.780. The van der Waals surface area contributed by atoms with Gasteiger partial charge in [0, 0.05) is 12.1 Å². The average molecular weight is 212 g/mol. The van der Waals surface area contributed by atoms with E-state index >= 15 is 0 Å². The van der Waals surface area contributed by atoms with Gasteiger partial charge in [-0.15, -0.1) is 0 Å². The lowest BCUT2D eigenvalue weighted by atomic mass is 9.74. The zero-order valence-corrected chi connectivity index (χ0v) is 9.34. The highest BCUT2D eigenvalue weighted by Gasteiger charge is 2.44. The van der Waals surface area contributed by atoms with Crippen molar-refractivity contribution in [3.8, 4) is 0 Å². The van der Waals surface area contributed by atoms with E-state index < -0.39 is 5.54 Å². The molecule has 0 radical (unpaired) electrons. The fourth-order valence-electron chi connectivity index (χ4n) is 2.30. The molecule has 1 heterocycles. The first-order valence-corrected chi connectivity index (χ1v) is 5.80. The molecule has 0 spiro atoms. The summed E-state index contributed by atoms with van der Waals surface area (Å²) in [5.41, 5.74) is 5.26. The Labute approximate surface area is 90.5 Å². The minimum absolute atomic E-state index is 0.0263. The number of nitrogens with one attached hydrogen (secondary N) is 1. The van der Waals surface area contributed by atoms with Crippen LogP contribution in [-0.2, 0) is 9.53 Å². The monoisotopic (exact) mass is 212 g/mol. The Bertz CT molecular complexity index is 250. The zero-order chi connectivity index (χ0) is 10.9. The summed E-state index contributed by atoms with van der Waals surface area (Å²) in [4.78, 5) is 12.0. The summed E-state index contributed by atoms with van der Waals surface area (Å²) in [5, 5.41) is 3.12. The molecule has 0 aromatic heterocycles. The van der Waals surface area contributed by atoms with Crippen molar-refractivity contribution in [1.82, 2.24) is 5.32 Å². The van der Waals surface area contributed by atoms with Gasteiger partial charge in [0.15, 0.2) is 0 Å². The van der Waals surface area contributed by atoms with Crippen molar-refractivity contribution in [2.45, 2.75) is 50.1 Å². The maximum absolute atomic E-state index is 12.0. The number of carbonyl (C=O) groups excluding carboxylic acids is 1. The van der Waals surface area contributed by atoms with Crippen molar-refractivity contribution in [2.75, 3.05) is 13.2 Å². The number of carbonyl (C=O) groups is 1. The molecule has 1 aliphatic carbocycles. The molecule has 4 heteroatoms. The van der Waals surface area contributed by atoms with Gasteiger partial charge in [-0.3, -0.25) is 4.79 Å². The number of rotatable bonds is 3. The Morgan fingerprint density at radius 1 is 1.47 bits per heavy atom. The Morgan fingerprint density at radius 3 is 2.60 bits per heavy atom. The molecule has 2 rings (SSSR count). The van der Waals surface area contributed by atoms with E-state index in [1.807, 2.05) is 0 Å². The molecule has 15 heavy (non-hydrogen) atoms. The summed E-state index contributed by atoms with van der Waals surface area (Å²) >= 11 is 0. The van der Waals surface area contributed by atoms with Crippen LogP contribution < -0.4 is 11.1 Å². The van der Waals surface area contributed by atoms with Crippen molar-refractivity contribution in [3.05, 3.63) is 0 Å². The van der Waals surface area contributed by atoms with Gasteiger partial charge in [-0.1, -0.05) is 6.92 Å². The van der Waals surface area contributed by atoms with Crippen LogP contribution in [0.2, 0.25) is 0 Å². The van der Waals surface area contributed by atoms with Gasteiger partial charge in [0.25, 0.3) is 0 Å². The fourth-order valence-corrected chi connectivity index (χ4v) is 2.30. The predicted molar refractivity (Wildman–Crippen MR) is 57.4 cm³/mol. The highest BCUT2D eigenvalue weighted by atomic mass is 16.5. The van der Waals surface area contributed by atoms with Crippen LogP contribution in [0.5, 0.6) is 0 Å². The molecule has 1 aliphatic heterocycles. The molecule has 0 aromatic rings. The minimum Gasteiger partial charge on any atom is -0.379 e. The molecular formula is C11H20N2O2. The molecular weight excluding hydrogens is 192 g/mol. The third-order valence-corrected chi connectivity index (χ3v) is 3.87. The van der Waals surface area contributed by atoms with Gasteiger partial charge in [-0.2, -0.15) is 0 Å². The molecule has 3 N–H and O–H groups in total. The van der Waals surface area contributed by atoms with Crippen LogP contribution in [-0.4, -0.2) is 30.2 Å². The number of hydrogen-bond donors (Lipinski definition) is 2. The smallest absolute Gasteiger partial charge is 0.242 e. The highest BCUT2D eigenvalue weighted by molar-refractivity contribution is 5.87. The van der Waals surface area contributed by atoms with Crippen molar-refractivity contribution in [2.24, 2.45) is 5.73 Å². The predicted octanol–water partition coefficient (Wildman–Crippen LogP) is 0.553. The second kappa shape index (κ2) is 3.76. The molecule has 1 atom stereocenters. The van der Waals surface area contributed by atoms with Gasteiger partial charge >= 0.3 is 0 Å². The first kappa shape index (κ1) is 10.9. The Balaban J connectivity index is 1.96. The zero-order valence-electron chi connectivity index (χ0n) is 9.34. The third kappa shape index (κ3) is 1.88. The summed E-state index contributed by atoms with van der Waals surface area (Å²) in [6.45, 7) is 3.08. The van der Waals surface area contributed by atoms with Gasteiger partial charge in [-0.05, 0) is 32.1 Å². The lowest BCUT2D eigenvalue weighted by Crippen LogP contribution is -2.62. The Hall–Kier alpha value is -0.610. The van der Waals surface area contributed by atoms with Crippen LogP contribution in [0.4, 0.5) is 0 Å². The van der Waals surface area contributed by atoms with Gasteiger partial charge in [-0.25, -0.2) is 0 Å². The van der Waals surface area contributed by atoms with Crippen LogP contribution in [0, 0.1) is 0 Å². The van der Waals surface area contributed by atoms with Crippen molar-refractivity contribution in [1.29, 1.82) is 0 Å². The van der Waals surface area contributed by atoms with Gasteiger partial charge in [0.1, 0.15) is 5.54 Å². The molecule has 2 aliphatic rings. The second-order valence-electron chi connectivity index (χ2n) is 4.90. The summed E-state index contributed by atoms with van der Waals surface area (Å²) in [5.74, 6) is -0.0263. The Morgan fingerprint density at radius 2 is 2.20 bits per heavy atom. The summed E-state index contributed by atoms with van der Waals surface area (Å²) in [6.07, 6.45) is 5.02. The van der Waals surface area contributed by atoms with Crippen LogP contribution in [0.3, 0.4) is 0 Å². The summed E-state index contributed by atoms with van der Waals surface area (Å²) in [6, 6.07) is 0. The van der Waals surface area contributed by atoms with Crippen molar-refractivity contribution in [3.63, 3.8) is 0 Å². The van der Waals surface area contributed by atoms with E-state index in [4.69, 9.17) is 10.5 Å². The molecule has 86 valence electrons. The summed E-state index contributed by atoms with van der Waals surface area (Å²) < 4.78 is 5.20. The van der Waals surface area contributed by atoms with Gasteiger partial charge in [0.2, 0.25) is 5.91 Å². The fraction of sp³-hybridized carbons (Fsp3) is 0.909. The number of ether oxygens (including phenoxy) is 1. The van der Waals surface area contributed by atoms with Crippen LogP contribution in [0.1, 0.15) is 39.0 Å². The third-order valence-electron chi connectivity index (χ3n) is 3.87. The topological polar surface area (TPSA) is 64.4 Å². The number of amides is 1. The molecule has 1 saturated carbocycles. The molecule has 0 aromatic carbocycles. The molecule has 1 amide bonds. The van der Waals surface area contributed by atoms with Crippen LogP contribution in [0.25, 0.3) is 0 Å². The van der Waals surface area contributed by atoms with Crippen LogP contribution >= 0.6 is 0 Å². The Kier molecular flexibility index (Phi) is 2.73. The largest absolute Gasteiger partial charge is 0.379 e. The maximum atomic E-state index is 12.0. The molecule has 1 unspecified atom stereocenters. The molecule has 2 fully saturated rings. The van der Waals surface area contributed by atoms with E-state index in [-0.39, 0.29) is 11.4 Å². The molecule has 4 nitrogen and oxygen atoms in total. The first-order valence-electron chi connectivity index (χ1n) is 5.80. The normalized spacial score (nSPS) is 33.5. The molecule has 1 saturated heterocycles.